The number of hydrogen-bond donors (Lipinski definition) is 2. The van der Waals surface area contributed by atoms with E-state index in [9.17, 15) is 8.42 Å². The Hall–Kier alpha value is -0.770. The summed E-state index contributed by atoms with van der Waals surface area (Å²) in [6.45, 7) is 6.46. The number of nitrogens with zero attached hydrogens (tertiary/aromatic N) is 2. The molecule has 2 heterocycles. The maximum atomic E-state index is 12.7. The molecule has 0 radical (unpaired) electrons. The van der Waals surface area contributed by atoms with Crippen molar-refractivity contribution in [3.8, 4) is 0 Å². The van der Waals surface area contributed by atoms with Crippen LogP contribution in [0.2, 0.25) is 0 Å². The number of thiazole rings is 1. The zero-order chi connectivity index (χ0) is 15.5. The Labute approximate surface area is 133 Å². The Kier molecular flexibility index (Phi) is 5.53. The number of anilines is 1. The van der Waals surface area contributed by atoms with E-state index in [4.69, 9.17) is 0 Å². The molecule has 118 valence electrons. The fourth-order valence-corrected chi connectivity index (χ4v) is 5.01. The van der Waals surface area contributed by atoms with Crippen LogP contribution < -0.4 is 10.0 Å². The first-order valence-corrected chi connectivity index (χ1v) is 10.3. The van der Waals surface area contributed by atoms with Crippen LogP contribution in [0.4, 0.5) is 5.82 Å². The number of thioether (sulfide) groups is 1. The van der Waals surface area contributed by atoms with E-state index < -0.39 is 10.0 Å². The number of nitrogens with one attached hydrogen (secondary N) is 2. The van der Waals surface area contributed by atoms with Gasteiger partial charge in [0.15, 0.2) is 15.8 Å². The van der Waals surface area contributed by atoms with Gasteiger partial charge in [0.1, 0.15) is 0 Å². The molecule has 0 aliphatic carbocycles. The molecule has 2 aromatic heterocycles. The zero-order valence-corrected chi connectivity index (χ0v) is 14.7. The third-order valence-electron chi connectivity index (χ3n) is 2.75. The summed E-state index contributed by atoms with van der Waals surface area (Å²) in [6, 6.07) is -0.126. The van der Waals surface area contributed by atoms with Gasteiger partial charge in [-0.05, 0) is 19.6 Å². The normalized spacial score (nSPS) is 13.7. The molecule has 0 aliphatic heterocycles. The van der Waals surface area contributed by atoms with E-state index in [1.165, 1.54) is 11.3 Å². The fraction of sp³-hybridized carbons (Fsp3) is 0.583. The standard InChI is InChI=1S/C12H20N4O2S3/c1-4-13-10-11(16-6-7-20-12(16)14-10)21(17,18)15-9(3)8-19-5-2/h6-7,9,13,15H,4-5,8H2,1-3H3. The molecular weight excluding hydrogens is 328 g/mol. The van der Waals surface area contributed by atoms with Crippen molar-refractivity contribution in [1.29, 1.82) is 0 Å². The molecular formula is C12H20N4O2S3. The van der Waals surface area contributed by atoms with E-state index in [0.29, 0.717) is 17.3 Å². The minimum atomic E-state index is -3.61. The van der Waals surface area contributed by atoms with Crippen molar-refractivity contribution in [2.75, 3.05) is 23.4 Å². The van der Waals surface area contributed by atoms with Gasteiger partial charge in [0.25, 0.3) is 10.0 Å². The largest absolute Gasteiger partial charge is 0.368 e. The highest BCUT2D eigenvalue weighted by molar-refractivity contribution is 7.99. The maximum absolute atomic E-state index is 12.7. The zero-order valence-electron chi connectivity index (χ0n) is 12.3. The van der Waals surface area contributed by atoms with E-state index in [1.807, 2.05) is 19.2 Å². The molecule has 0 saturated heterocycles. The van der Waals surface area contributed by atoms with Gasteiger partial charge in [-0.1, -0.05) is 6.92 Å². The number of aromatic nitrogens is 2. The molecule has 0 fully saturated rings. The molecule has 2 aromatic rings. The molecule has 0 aliphatic rings. The average Bonchev–Trinajstić information content (AvgIpc) is 2.95. The SMILES string of the molecule is CCNc1nc2sccn2c1S(=O)(=O)NC(C)CSCC. The quantitative estimate of drug-likeness (QED) is 0.765. The Bertz CT molecular complexity index is 692. The third-order valence-corrected chi connectivity index (χ3v) is 6.26. The Morgan fingerprint density at radius 3 is 2.90 bits per heavy atom. The van der Waals surface area contributed by atoms with Gasteiger partial charge >= 0.3 is 0 Å². The number of imidazole rings is 1. The molecule has 9 heteroatoms. The molecule has 21 heavy (non-hydrogen) atoms. The number of hydrogen-bond acceptors (Lipinski definition) is 6. The van der Waals surface area contributed by atoms with Crippen molar-refractivity contribution < 1.29 is 8.42 Å². The summed E-state index contributed by atoms with van der Waals surface area (Å²) in [7, 11) is -3.61. The van der Waals surface area contributed by atoms with Crippen molar-refractivity contribution in [1.82, 2.24) is 14.1 Å². The van der Waals surface area contributed by atoms with Gasteiger partial charge in [0.05, 0.1) is 0 Å². The van der Waals surface area contributed by atoms with Crippen LogP contribution in [0.5, 0.6) is 0 Å². The van der Waals surface area contributed by atoms with E-state index >= 15 is 0 Å². The molecule has 1 unspecified atom stereocenters. The van der Waals surface area contributed by atoms with Crippen molar-refractivity contribution in [3.63, 3.8) is 0 Å². The molecule has 6 nitrogen and oxygen atoms in total. The first-order valence-electron chi connectivity index (χ1n) is 6.79. The van der Waals surface area contributed by atoms with E-state index in [2.05, 4.69) is 21.9 Å². The minimum Gasteiger partial charge on any atom is -0.368 e. The first kappa shape index (κ1) is 16.6. The molecule has 0 amide bonds. The van der Waals surface area contributed by atoms with E-state index in [0.717, 1.165) is 11.5 Å². The van der Waals surface area contributed by atoms with Crippen LogP contribution in [0.15, 0.2) is 16.6 Å². The number of fused-ring (bicyclic) bond motifs is 1. The van der Waals surface area contributed by atoms with Gasteiger partial charge < -0.3 is 5.32 Å². The summed E-state index contributed by atoms with van der Waals surface area (Å²) in [5, 5.41) is 5.04. The second-order valence-corrected chi connectivity index (χ2v) is 8.35. The molecule has 2 rings (SSSR count). The first-order chi connectivity index (χ1) is 9.99. The monoisotopic (exact) mass is 348 g/mol. The summed E-state index contributed by atoms with van der Waals surface area (Å²) in [5.41, 5.74) is 0. The molecule has 0 bridgehead atoms. The van der Waals surface area contributed by atoms with Gasteiger partial charge in [0, 0.05) is 29.9 Å². The lowest BCUT2D eigenvalue weighted by Crippen LogP contribution is -2.35. The minimum absolute atomic E-state index is 0.126. The van der Waals surface area contributed by atoms with Gasteiger partial charge in [0.2, 0.25) is 0 Å². The lowest BCUT2D eigenvalue weighted by Gasteiger charge is -2.14. The van der Waals surface area contributed by atoms with E-state index in [-0.39, 0.29) is 11.1 Å². The van der Waals surface area contributed by atoms with Gasteiger partial charge in [-0.2, -0.15) is 11.8 Å². The van der Waals surface area contributed by atoms with Crippen molar-refractivity contribution in [2.45, 2.75) is 31.8 Å². The summed E-state index contributed by atoms with van der Waals surface area (Å²) in [4.78, 5) is 5.01. The van der Waals surface area contributed by atoms with Crippen LogP contribution in [-0.2, 0) is 10.0 Å². The summed E-state index contributed by atoms with van der Waals surface area (Å²) < 4.78 is 29.7. The van der Waals surface area contributed by atoms with Gasteiger partial charge in [-0.25, -0.2) is 18.1 Å². The molecule has 0 aromatic carbocycles. The average molecular weight is 349 g/mol. The lowest BCUT2D eigenvalue weighted by molar-refractivity contribution is 0.566. The summed E-state index contributed by atoms with van der Waals surface area (Å²) in [6.07, 6.45) is 1.73. The Balaban J connectivity index is 2.34. The second-order valence-electron chi connectivity index (χ2n) is 4.53. The third kappa shape index (κ3) is 3.71. The van der Waals surface area contributed by atoms with Crippen LogP contribution in [0, 0.1) is 0 Å². The predicted molar refractivity (Wildman–Crippen MR) is 90.0 cm³/mol. The number of sulfonamides is 1. The smallest absolute Gasteiger partial charge is 0.260 e. The summed E-state index contributed by atoms with van der Waals surface area (Å²) >= 11 is 3.12. The van der Waals surface area contributed by atoms with Crippen molar-refractivity contribution >= 4 is 43.9 Å². The lowest BCUT2D eigenvalue weighted by atomic mass is 10.4. The van der Waals surface area contributed by atoms with Crippen molar-refractivity contribution in [3.05, 3.63) is 11.6 Å². The highest BCUT2D eigenvalue weighted by atomic mass is 32.2. The Morgan fingerprint density at radius 1 is 1.48 bits per heavy atom. The van der Waals surface area contributed by atoms with Gasteiger partial charge in [-0.3, -0.25) is 4.40 Å². The van der Waals surface area contributed by atoms with Crippen LogP contribution in [-0.4, -0.2) is 41.9 Å². The Morgan fingerprint density at radius 2 is 2.24 bits per heavy atom. The van der Waals surface area contributed by atoms with Crippen LogP contribution in [0.3, 0.4) is 0 Å². The van der Waals surface area contributed by atoms with Crippen LogP contribution >= 0.6 is 23.1 Å². The molecule has 2 N–H and O–H groups in total. The maximum Gasteiger partial charge on any atom is 0.260 e. The van der Waals surface area contributed by atoms with Crippen LogP contribution in [0.1, 0.15) is 20.8 Å². The molecule has 0 saturated carbocycles. The fourth-order valence-electron chi connectivity index (χ4n) is 1.95. The molecule has 1 atom stereocenters. The highest BCUT2D eigenvalue weighted by Crippen LogP contribution is 2.25. The van der Waals surface area contributed by atoms with Crippen molar-refractivity contribution in [2.24, 2.45) is 0 Å². The highest BCUT2D eigenvalue weighted by Gasteiger charge is 2.27. The molecule has 0 spiro atoms. The van der Waals surface area contributed by atoms with Crippen LogP contribution in [0.25, 0.3) is 4.96 Å². The second kappa shape index (κ2) is 6.99. The van der Waals surface area contributed by atoms with Gasteiger partial charge in [-0.15, -0.1) is 11.3 Å². The predicted octanol–water partition coefficient (Wildman–Crippen LogP) is 2.25. The number of rotatable bonds is 8. The summed E-state index contributed by atoms with van der Waals surface area (Å²) in [5.74, 6) is 2.13. The van der Waals surface area contributed by atoms with E-state index in [1.54, 1.807) is 22.4 Å². The topological polar surface area (TPSA) is 75.5 Å².